The van der Waals surface area contributed by atoms with E-state index in [1.54, 1.807) is 24.3 Å². The van der Waals surface area contributed by atoms with Gasteiger partial charge in [-0.25, -0.2) is 4.79 Å². The lowest BCUT2D eigenvalue weighted by atomic mass is 10.3. The second-order valence-electron chi connectivity index (χ2n) is 4.24. The Kier molecular flexibility index (Phi) is 4.15. The Balaban J connectivity index is 1.47. The summed E-state index contributed by atoms with van der Waals surface area (Å²) in [6, 6.07) is 12.4. The fraction of sp³-hybridized carbons (Fsp3) is 0.133. The molecule has 7 heteroatoms. The molecule has 0 aliphatic heterocycles. The van der Waals surface area contributed by atoms with Crippen molar-refractivity contribution in [2.45, 2.75) is 6.61 Å². The van der Waals surface area contributed by atoms with Crippen molar-refractivity contribution < 1.29 is 23.1 Å². The van der Waals surface area contributed by atoms with E-state index >= 15 is 0 Å². The summed E-state index contributed by atoms with van der Waals surface area (Å²) in [4.78, 5) is 11.6. The van der Waals surface area contributed by atoms with Crippen molar-refractivity contribution in [3.05, 3.63) is 54.6 Å². The first-order valence-corrected chi connectivity index (χ1v) is 6.51. The molecule has 0 amide bonds. The second kappa shape index (κ2) is 6.57. The van der Waals surface area contributed by atoms with Gasteiger partial charge in [-0.2, -0.15) is 0 Å². The van der Waals surface area contributed by atoms with Crippen LogP contribution in [-0.2, 0) is 16.1 Å². The first kappa shape index (κ1) is 13.9. The highest BCUT2D eigenvalue weighted by atomic mass is 16.6. The smallest absolute Gasteiger partial charge is 0.344 e. The van der Waals surface area contributed by atoms with Crippen molar-refractivity contribution >= 4 is 5.97 Å². The summed E-state index contributed by atoms with van der Waals surface area (Å²) in [6.07, 6.45) is 1.50. The number of ether oxygens (including phenoxy) is 2. The van der Waals surface area contributed by atoms with E-state index in [2.05, 4.69) is 10.2 Å². The molecule has 0 aliphatic rings. The number of benzene rings is 1. The van der Waals surface area contributed by atoms with Crippen LogP contribution in [0.25, 0.3) is 11.7 Å². The van der Waals surface area contributed by atoms with Gasteiger partial charge in [-0.1, -0.05) is 18.2 Å². The van der Waals surface area contributed by atoms with Gasteiger partial charge in [0, 0.05) is 0 Å². The van der Waals surface area contributed by atoms with Crippen LogP contribution < -0.4 is 4.74 Å². The summed E-state index contributed by atoms with van der Waals surface area (Å²) in [7, 11) is 0. The maximum Gasteiger partial charge on any atom is 0.344 e. The zero-order valence-corrected chi connectivity index (χ0v) is 11.5. The standard InChI is InChI=1S/C15H12N2O5/c18-14(10-20-11-5-2-1-3-6-11)21-9-13-16-17-15(22-13)12-7-4-8-19-12/h1-8H,9-10H2. The summed E-state index contributed by atoms with van der Waals surface area (Å²) in [5, 5.41) is 7.56. The predicted octanol–water partition coefficient (Wildman–Crippen LogP) is 2.45. The lowest BCUT2D eigenvalue weighted by Crippen LogP contribution is -2.14. The third-order valence-corrected chi connectivity index (χ3v) is 2.66. The largest absolute Gasteiger partial charge is 0.482 e. The van der Waals surface area contributed by atoms with Gasteiger partial charge >= 0.3 is 5.97 Å². The number of aromatic nitrogens is 2. The van der Waals surface area contributed by atoms with Gasteiger partial charge < -0.3 is 18.3 Å². The third kappa shape index (κ3) is 3.51. The minimum atomic E-state index is -0.526. The van der Waals surface area contributed by atoms with E-state index in [-0.39, 0.29) is 25.0 Å². The zero-order chi connectivity index (χ0) is 15.2. The Labute approximate surface area is 125 Å². The van der Waals surface area contributed by atoms with Crippen LogP contribution in [0.15, 0.2) is 57.6 Å². The Bertz CT molecular complexity index is 721. The first-order valence-electron chi connectivity index (χ1n) is 6.51. The molecule has 0 unspecified atom stereocenters. The molecule has 3 rings (SSSR count). The molecular weight excluding hydrogens is 288 g/mol. The van der Waals surface area contributed by atoms with Gasteiger partial charge in [0.25, 0.3) is 11.8 Å². The average molecular weight is 300 g/mol. The fourth-order valence-corrected chi connectivity index (χ4v) is 1.65. The molecule has 2 aromatic heterocycles. The molecule has 0 aliphatic carbocycles. The van der Waals surface area contributed by atoms with Crippen LogP contribution in [-0.4, -0.2) is 22.8 Å². The van der Waals surface area contributed by atoms with Crippen LogP contribution in [0.2, 0.25) is 0 Å². The highest BCUT2D eigenvalue weighted by molar-refractivity contribution is 5.71. The topological polar surface area (TPSA) is 87.6 Å². The number of carbonyl (C=O) groups excluding carboxylic acids is 1. The highest BCUT2D eigenvalue weighted by Gasteiger charge is 2.12. The minimum absolute atomic E-state index is 0.120. The lowest BCUT2D eigenvalue weighted by molar-refractivity contribution is -0.148. The van der Waals surface area contributed by atoms with Crippen molar-refractivity contribution in [3.8, 4) is 17.4 Å². The van der Waals surface area contributed by atoms with Gasteiger partial charge in [-0.15, -0.1) is 10.2 Å². The second-order valence-corrected chi connectivity index (χ2v) is 4.24. The van der Waals surface area contributed by atoms with Crippen LogP contribution in [0.4, 0.5) is 0 Å². The number of rotatable bonds is 6. The summed E-state index contributed by atoms with van der Waals surface area (Å²) >= 11 is 0. The SMILES string of the molecule is O=C(COc1ccccc1)OCc1nnc(-c2ccco2)o1. The minimum Gasteiger partial charge on any atom is -0.482 e. The molecule has 0 fully saturated rings. The Morgan fingerprint density at radius 1 is 1.09 bits per heavy atom. The first-order chi connectivity index (χ1) is 10.8. The molecule has 0 saturated heterocycles. The van der Waals surface area contributed by atoms with E-state index in [1.165, 1.54) is 6.26 Å². The molecule has 22 heavy (non-hydrogen) atoms. The van der Waals surface area contributed by atoms with Crippen LogP contribution in [0.5, 0.6) is 5.75 Å². The molecule has 7 nitrogen and oxygen atoms in total. The number of hydrogen-bond acceptors (Lipinski definition) is 7. The van der Waals surface area contributed by atoms with Gasteiger partial charge in [0.15, 0.2) is 19.0 Å². The van der Waals surface area contributed by atoms with Gasteiger partial charge in [-0.3, -0.25) is 0 Å². The van der Waals surface area contributed by atoms with Crippen LogP contribution in [0, 0.1) is 0 Å². The van der Waals surface area contributed by atoms with Gasteiger partial charge in [-0.05, 0) is 24.3 Å². The van der Waals surface area contributed by atoms with Gasteiger partial charge in [0.1, 0.15) is 5.75 Å². The van der Waals surface area contributed by atoms with Crippen LogP contribution >= 0.6 is 0 Å². The number of carbonyl (C=O) groups is 1. The number of furan rings is 1. The van der Waals surface area contributed by atoms with E-state index in [1.807, 2.05) is 18.2 Å². The van der Waals surface area contributed by atoms with E-state index in [0.29, 0.717) is 11.5 Å². The summed E-state index contributed by atoms with van der Waals surface area (Å²) in [5.74, 6) is 0.937. The molecule has 112 valence electrons. The molecule has 1 aromatic carbocycles. The van der Waals surface area contributed by atoms with E-state index < -0.39 is 5.97 Å². The number of hydrogen-bond donors (Lipinski definition) is 0. The molecule has 0 spiro atoms. The van der Waals surface area contributed by atoms with Gasteiger partial charge in [0.2, 0.25) is 0 Å². The molecule has 0 N–H and O–H groups in total. The molecule has 0 radical (unpaired) electrons. The van der Waals surface area contributed by atoms with Crippen molar-refractivity contribution in [2.24, 2.45) is 0 Å². The van der Waals surface area contributed by atoms with Crippen molar-refractivity contribution in [3.63, 3.8) is 0 Å². The molecule has 2 heterocycles. The molecular formula is C15H12N2O5. The van der Waals surface area contributed by atoms with Gasteiger partial charge in [0.05, 0.1) is 6.26 Å². The third-order valence-electron chi connectivity index (χ3n) is 2.66. The molecule has 0 saturated carbocycles. The van der Waals surface area contributed by atoms with Crippen LogP contribution in [0.3, 0.4) is 0 Å². The summed E-state index contributed by atoms with van der Waals surface area (Å²) in [5.41, 5.74) is 0. The highest BCUT2D eigenvalue weighted by Crippen LogP contribution is 2.18. The number of esters is 1. The normalized spacial score (nSPS) is 10.4. The van der Waals surface area contributed by atoms with Crippen molar-refractivity contribution in [2.75, 3.05) is 6.61 Å². The zero-order valence-electron chi connectivity index (χ0n) is 11.5. The summed E-state index contributed by atoms with van der Waals surface area (Å²) in [6.45, 7) is -0.312. The fourth-order valence-electron chi connectivity index (χ4n) is 1.65. The molecule has 3 aromatic rings. The maximum atomic E-state index is 11.6. The van der Waals surface area contributed by atoms with E-state index in [4.69, 9.17) is 18.3 Å². The predicted molar refractivity (Wildman–Crippen MR) is 73.7 cm³/mol. The van der Waals surface area contributed by atoms with Crippen molar-refractivity contribution in [1.82, 2.24) is 10.2 Å². The lowest BCUT2D eigenvalue weighted by Gasteiger charge is -2.05. The van der Waals surface area contributed by atoms with Crippen LogP contribution in [0.1, 0.15) is 5.89 Å². The van der Waals surface area contributed by atoms with E-state index in [9.17, 15) is 4.79 Å². The van der Waals surface area contributed by atoms with Crippen molar-refractivity contribution in [1.29, 1.82) is 0 Å². The summed E-state index contributed by atoms with van der Waals surface area (Å²) < 4.78 is 20.7. The molecule has 0 bridgehead atoms. The number of para-hydroxylation sites is 1. The van der Waals surface area contributed by atoms with E-state index in [0.717, 1.165) is 0 Å². The monoisotopic (exact) mass is 300 g/mol. The Morgan fingerprint density at radius 2 is 1.95 bits per heavy atom. The average Bonchev–Trinajstić information content (AvgIpc) is 3.22. The quantitative estimate of drug-likeness (QED) is 0.646. The molecule has 0 atom stereocenters. The maximum absolute atomic E-state index is 11.6. The Morgan fingerprint density at radius 3 is 2.73 bits per heavy atom. The number of nitrogens with zero attached hydrogens (tertiary/aromatic N) is 2. The Hall–Kier alpha value is -3.09.